The smallest absolute Gasteiger partial charge is 0.272 e. The minimum Gasteiger partial charge on any atom is -0.334 e. The molecule has 0 spiro atoms. The Kier molecular flexibility index (Phi) is 4.94. The van der Waals surface area contributed by atoms with Gasteiger partial charge < -0.3 is 4.90 Å². The zero-order valence-corrected chi connectivity index (χ0v) is 17.7. The molecule has 1 unspecified atom stereocenters. The van der Waals surface area contributed by atoms with Gasteiger partial charge in [0.05, 0.1) is 23.1 Å². The molecule has 0 saturated carbocycles. The van der Waals surface area contributed by atoms with Crippen molar-refractivity contribution in [1.29, 1.82) is 0 Å². The van der Waals surface area contributed by atoms with Crippen LogP contribution in [0.1, 0.15) is 40.4 Å². The van der Waals surface area contributed by atoms with Crippen LogP contribution in [-0.2, 0) is 7.05 Å². The largest absolute Gasteiger partial charge is 0.334 e. The van der Waals surface area contributed by atoms with E-state index in [-0.39, 0.29) is 11.9 Å². The number of carbonyl (C=O) groups is 1. The van der Waals surface area contributed by atoms with Crippen molar-refractivity contribution in [1.82, 2.24) is 39.6 Å². The Morgan fingerprint density at radius 1 is 1.20 bits per heavy atom. The number of aromatic amines is 1. The summed E-state index contributed by atoms with van der Waals surface area (Å²) in [4.78, 5) is 18.7. The summed E-state index contributed by atoms with van der Waals surface area (Å²) >= 11 is 0. The summed E-state index contributed by atoms with van der Waals surface area (Å²) in [7, 11) is 3.69. The molecular formula is C21H24N8O. The lowest BCUT2D eigenvalue weighted by Gasteiger charge is -2.25. The molecule has 4 aromatic rings. The van der Waals surface area contributed by atoms with E-state index in [1.54, 1.807) is 29.0 Å². The van der Waals surface area contributed by atoms with Gasteiger partial charge in [-0.2, -0.15) is 15.3 Å². The predicted molar refractivity (Wildman–Crippen MR) is 112 cm³/mol. The van der Waals surface area contributed by atoms with E-state index in [1.165, 1.54) is 6.33 Å². The van der Waals surface area contributed by atoms with Gasteiger partial charge >= 0.3 is 0 Å². The monoisotopic (exact) mass is 404 g/mol. The zero-order chi connectivity index (χ0) is 21.4. The Labute approximate surface area is 174 Å². The number of H-pyrrole nitrogens is 1. The fraction of sp³-hybridized carbons (Fsp3) is 0.286. The summed E-state index contributed by atoms with van der Waals surface area (Å²) in [6, 6.07) is 9.58. The number of amides is 1. The molecule has 0 saturated heterocycles. The van der Waals surface area contributed by atoms with E-state index < -0.39 is 0 Å². The van der Waals surface area contributed by atoms with Crippen LogP contribution in [0.5, 0.6) is 0 Å². The molecule has 4 rings (SSSR count). The molecule has 1 aromatic carbocycles. The second-order valence-electron chi connectivity index (χ2n) is 7.36. The van der Waals surface area contributed by atoms with Crippen LogP contribution in [-0.4, -0.2) is 52.6 Å². The number of carbonyl (C=O) groups excluding carboxylic acids is 1. The Bertz CT molecular complexity index is 1170. The molecule has 0 aliphatic heterocycles. The fourth-order valence-corrected chi connectivity index (χ4v) is 3.54. The fourth-order valence-electron chi connectivity index (χ4n) is 3.54. The summed E-state index contributed by atoms with van der Waals surface area (Å²) in [5, 5.41) is 15.8. The van der Waals surface area contributed by atoms with Crippen LogP contribution in [0.2, 0.25) is 0 Å². The number of hydrogen-bond donors (Lipinski definition) is 1. The molecule has 1 atom stereocenters. The molecular weight excluding hydrogens is 380 g/mol. The molecule has 0 fully saturated rings. The highest BCUT2D eigenvalue weighted by Crippen LogP contribution is 2.27. The molecule has 0 radical (unpaired) electrons. The van der Waals surface area contributed by atoms with E-state index in [1.807, 2.05) is 56.8 Å². The lowest BCUT2D eigenvalue weighted by Crippen LogP contribution is -2.30. The molecule has 1 amide bonds. The summed E-state index contributed by atoms with van der Waals surface area (Å²) in [6.45, 7) is 5.92. The molecule has 9 nitrogen and oxygen atoms in total. The van der Waals surface area contributed by atoms with Gasteiger partial charge in [0.25, 0.3) is 5.91 Å². The van der Waals surface area contributed by atoms with Gasteiger partial charge in [0.1, 0.15) is 18.3 Å². The van der Waals surface area contributed by atoms with E-state index in [0.29, 0.717) is 5.69 Å². The summed E-state index contributed by atoms with van der Waals surface area (Å²) in [6.07, 6.45) is 3.14. The summed E-state index contributed by atoms with van der Waals surface area (Å²) < 4.78 is 3.51. The van der Waals surface area contributed by atoms with Crippen molar-refractivity contribution in [3.8, 4) is 16.9 Å². The third kappa shape index (κ3) is 3.38. The average molecular weight is 404 g/mol. The molecule has 1 N–H and O–H groups in total. The highest BCUT2D eigenvalue weighted by molar-refractivity contribution is 5.93. The van der Waals surface area contributed by atoms with Gasteiger partial charge in [-0.15, -0.1) is 0 Å². The van der Waals surface area contributed by atoms with Gasteiger partial charge in [0.15, 0.2) is 0 Å². The number of nitrogens with one attached hydrogen (secondary N) is 1. The van der Waals surface area contributed by atoms with Crippen molar-refractivity contribution < 1.29 is 4.79 Å². The summed E-state index contributed by atoms with van der Waals surface area (Å²) in [5.74, 6) is -0.124. The van der Waals surface area contributed by atoms with Crippen LogP contribution in [0.4, 0.5) is 0 Å². The first kappa shape index (κ1) is 19.6. The van der Waals surface area contributed by atoms with Gasteiger partial charge in [-0.05, 0) is 44.5 Å². The molecule has 3 aromatic heterocycles. The second-order valence-corrected chi connectivity index (χ2v) is 7.36. The van der Waals surface area contributed by atoms with E-state index in [2.05, 4.69) is 25.4 Å². The number of nitrogens with zero attached hydrogens (tertiary/aromatic N) is 7. The number of benzene rings is 1. The maximum absolute atomic E-state index is 13.0. The van der Waals surface area contributed by atoms with E-state index in [9.17, 15) is 4.79 Å². The van der Waals surface area contributed by atoms with Gasteiger partial charge in [0, 0.05) is 25.4 Å². The molecule has 9 heteroatoms. The molecule has 3 heterocycles. The predicted octanol–water partition coefficient (Wildman–Crippen LogP) is 2.84. The van der Waals surface area contributed by atoms with Crippen LogP contribution in [0, 0.1) is 13.8 Å². The summed E-state index contributed by atoms with van der Waals surface area (Å²) in [5.41, 5.74) is 5.95. The minimum absolute atomic E-state index is 0.115. The van der Waals surface area contributed by atoms with Crippen molar-refractivity contribution in [3.63, 3.8) is 0 Å². The number of rotatable bonds is 5. The Balaban J connectivity index is 1.53. The molecule has 30 heavy (non-hydrogen) atoms. The van der Waals surface area contributed by atoms with Crippen molar-refractivity contribution >= 4 is 5.91 Å². The highest BCUT2D eigenvalue weighted by atomic mass is 16.2. The van der Waals surface area contributed by atoms with Crippen molar-refractivity contribution in [2.45, 2.75) is 26.8 Å². The normalized spacial score (nSPS) is 12.2. The quantitative estimate of drug-likeness (QED) is 0.552. The van der Waals surface area contributed by atoms with Crippen molar-refractivity contribution in [3.05, 3.63) is 65.6 Å². The first-order valence-corrected chi connectivity index (χ1v) is 9.65. The van der Waals surface area contributed by atoms with Gasteiger partial charge in [-0.25, -0.2) is 9.67 Å². The van der Waals surface area contributed by atoms with Gasteiger partial charge in [-0.1, -0.05) is 12.1 Å². The molecule has 0 bridgehead atoms. The standard InChI is InChI=1S/C21H24N8O/c1-13-20(15(3)28(5)26-13)18-10-19(25-24-18)21(30)27(4)14(2)16-6-8-17(9-7-16)29-12-22-11-23-29/h6-12,14H,1-5H3,(H,24,25). The second kappa shape index (κ2) is 7.58. The topological polar surface area (TPSA) is 97.5 Å². The Morgan fingerprint density at radius 3 is 2.53 bits per heavy atom. The number of aromatic nitrogens is 7. The lowest BCUT2D eigenvalue weighted by molar-refractivity contribution is 0.0736. The highest BCUT2D eigenvalue weighted by Gasteiger charge is 2.22. The van der Waals surface area contributed by atoms with Gasteiger partial charge in [0.2, 0.25) is 0 Å². The molecule has 0 aliphatic carbocycles. The first-order valence-electron chi connectivity index (χ1n) is 9.65. The van der Waals surface area contributed by atoms with Crippen LogP contribution in [0.25, 0.3) is 16.9 Å². The molecule has 0 aliphatic rings. The van der Waals surface area contributed by atoms with E-state index in [0.717, 1.165) is 33.9 Å². The lowest BCUT2D eigenvalue weighted by atomic mass is 10.1. The minimum atomic E-state index is -0.124. The zero-order valence-electron chi connectivity index (χ0n) is 17.7. The van der Waals surface area contributed by atoms with Crippen LogP contribution < -0.4 is 0 Å². The van der Waals surface area contributed by atoms with Crippen LogP contribution in [0.3, 0.4) is 0 Å². The number of hydrogen-bond acceptors (Lipinski definition) is 5. The number of aryl methyl sites for hydroxylation is 2. The third-order valence-corrected chi connectivity index (χ3v) is 5.53. The van der Waals surface area contributed by atoms with Crippen LogP contribution >= 0.6 is 0 Å². The van der Waals surface area contributed by atoms with Crippen molar-refractivity contribution in [2.75, 3.05) is 7.05 Å². The Morgan fingerprint density at radius 2 is 1.93 bits per heavy atom. The van der Waals surface area contributed by atoms with E-state index >= 15 is 0 Å². The molecule has 154 valence electrons. The average Bonchev–Trinajstić information content (AvgIpc) is 3.48. The maximum Gasteiger partial charge on any atom is 0.272 e. The van der Waals surface area contributed by atoms with Crippen molar-refractivity contribution in [2.24, 2.45) is 7.05 Å². The third-order valence-electron chi connectivity index (χ3n) is 5.53. The first-order chi connectivity index (χ1) is 14.4. The SMILES string of the molecule is Cc1nn(C)c(C)c1-c1cc(C(=O)N(C)C(C)c2ccc(-n3cncn3)cc2)[nH]n1. The van der Waals surface area contributed by atoms with Crippen LogP contribution in [0.15, 0.2) is 43.0 Å². The maximum atomic E-state index is 13.0. The van der Waals surface area contributed by atoms with E-state index in [4.69, 9.17) is 0 Å². The Hall–Kier alpha value is -3.75. The van der Waals surface area contributed by atoms with Gasteiger partial charge in [-0.3, -0.25) is 14.6 Å².